The number of aliphatic hydroxyl groups excluding tert-OH is 1. The van der Waals surface area contributed by atoms with E-state index in [1.807, 2.05) is 28.8 Å². The number of rotatable bonds is 5. The van der Waals surface area contributed by atoms with E-state index in [4.69, 9.17) is 0 Å². The van der Waals surface area contributed by atoms with Crippen LogP contribution in [0.5, 0.6) is 0 Å². The van der Waals surface area contributed by atoms with Gasteiger partial charge >= 0.3 is 5.69 Å². The molecule has 7 nitrogen and oxygen atoms in total. The smallest absolute Gasteiger partial charge is 0.326 e. The fourth-order valence-corrected chi connectivity index (χ4v) is 3.62. The zero-order valence-electron chi connectivity index (χ0n) is 14.7. The Morgan fingerprint density at radius 3 is 2.72 bits per heavy atom. The normalized spacial score (nSPS) is 18.4. The highest BCUT2D eigenvalue weighted by Gasteiger charge is 2.30. The third-order valence-electron chi connectivity index (χ3n) is 5.15. The Hall–Kier alpha value is -2.12. The number of carbonyl (C=O) groups excluding carboxylic acids is 1. The molecule has 25 heavy (non-hydrogen) atoms. The third kappa shape index (κ3) is 3.48. The van der Waals surface area contributed by atoms with Crippen LogP contribution in [0.1, 0.15) is 25.8 Å². The van der Waals surface area contributed by atoms with Gasteiger partial charge < -0.3 is 20.3 Å². The monoisotopic (exact) mass is 346 g/mol. The fraction of sp³-hybridized carbons (Fsp3) is 0.556. The largest absolute Gasteiger partial charge is 0.391 e. The van der Waals surface area contributed by atoms with Gasteiger partial charge in [-0.3, -0.25) is 9.36 Å². The topological polar surface area (TPSA) is 90.4 Å². The van der Waals surface area contributed by atoms with Crippen molar-refractivity contribution in [2.24, 2.45) is 5.92 Å². The molecule has 0 spiro atoms. The molecule has 1 amide bonds. The minimum atomic E-state index is -0.688. The molecule has 1 saturated heterocycles. The van der Waals surface area contributed by atoms with Crippen molar-refractivity contribution >= 4 is 16.9 Å². The van der Waals surface area contributed by atoms with Crippen LogP contribution in [0.25, 0.3) is 11.0 Å². The van der Waals surface area contributed by atoms with Crippen molar-refractivity contribution in [1.82, 2.24) is 19.8 Å². The quantitative estimate of drug-likeness (QED) is 0.744. The highest BCUT2D eigenvalue weighted by molar-refractivity contribution is 5.79. The Bertz CT molecular complexity index is 789. The van der Waals surface area contributed by atoms with E-state index in [0.29, 0.717) is 19.6 Å². The number of carbonyl (C=O) groups is 1. The molecule has 0 aliphatic carbocycles. The van der Waals surface area contributed by atoms with Crippen LogP contribution in [0, 0.1) is 5.92 Å². The lowest BCUT2D eigenvalue weighted by atomic mass is 9.99. The van der Waals surface area contributed by atoms with Crippen molar-refractivity contribution in [3.8, 4) is 0 Å². The minimum absolute atomic E-state index is 0.0209. The second kappa shape index (κ2) is 7.41. The summed E-state index contributed by atoms with van der Waals surface area (Å²) in [5.41, 5.74) is 1.66. The lowest BCUT2D eigenvalue weighted by Gasteiger charge is -2.35. The molecule has 1 aliphatic rings. The summed E-state index contributed by atoms with van der Waals surface area (Å²) >= 11 is 0. The first-order valence-electron chi connectivity index (χ1n) is 8.83. The molecule has 3 rings (SSSR count). The second-order valence-electron chi connectivity index (χ2n) is 6.79. The number of likely N-dealkylation sites (tertiary alicyclic amines) is 1. The maximum absolute atomic E-state index is 12.6. The number of nitrogens with zero attached hydrogens (tertiary/aromatic N) is 2. The Morgan fingerprint density at radius 1 is 1.36 bits per heavy atom. The number of H-pyrrole nitrogens is 1. The number of aromatic nitrogens is 2. The van der Waals surface area contributed by atoms with Crippen LogP contribution in [0.3, 0.4) is 0 Å². The number of para-hydroxylation sites is 2. The van der Waals surface area contributed by atoms with Crippen LogP contribution in [-0.4, -0.2) is 58.3 Å². The Kier molecular flexibility index (Phi) is 5.24. The van der Waals surface area contributed by atoms with Gasteiger partial charge in [-0.05, 0) is 32.0 Å². The molecular weight excluding hydrogens is 320 g/mol. The van der Waals surface area contributed by atoms with Gasteiger partial charge in [-0.25, -0.2) is 4.79 Å². The Morgan fingerprint density at radius 2 is 2.04 bits per heavy atom. The number of imidazole rings is 1. The predicted molar refractivity (Wildman–Crippen MR) is 96.5 cm³/mol. The van der Waals surface area contributed by atoms with Crippen molar-refractivity contribution in [2.75, 3.05) is 26.7 Å². The zero-order chi connectivity index (χ0) is 18.0. The number of hydrogen-bond acceptors (Lipinski definition) is 4. The van der Waals surface area contributed by atoms with Crippen LogP contribution in [0.2, 0.25) is 0 Å². The number of nitrogens with one attached hydrogen (secondary N) is 2. The van der Waals surface area contributed by atoms with Gasteiger partial charge in [-0.1, -0.05) is 19.1 Å². The molecule has 7 heteroatoms. The molecule has 1 aliphatic heterocycles. The number of piperidine rings is 1. The number of hydrogen-bond donors (Lipinski definition) is 3. The first kappa shape index (κ1) is 17.7. The maximum atomic E-state index is 12.6. The number of aliphatic hydroxyl groups is 1. The molecule has 2 aromatic rings. The summed E-state index contributed by atoms with van der Waals surface area (Å²) in [7, 11) is 1.75. The van der Waals surface area contributed by atoms with Gasteiger partial charge in [0.1, 0.15) is 0 Å². The van der Waals surface area contributed by atoms with Crippen LogP contribution in [0.15, 0.2) is 29.1 Å². The summed E-state index contributed by atoms with van der Waals surface area (Å²) in [5.74, 6) is -0.452. The summed E-state index contributed by atoms with van der Waals surface area (Å²) < 4.78 is 1.82. The molecule has 1 aromatic heterocycles. The molecule has 2 unspecified atom stereocenters. The Balaban J connectivity index is 1.68. The molecular formula is C18H26N4O3. The van der Waals surface area contributed by atoms with Crippen LogP contribution in [0.4, 0.5) is 0 Å². The SMILES string of the molecule is CNCC(O)C(C)C(=O)N1CCC(n2c(=O)[nH]c3ccccc32)CC1. The standard InChI is InChI=1S/C18H26N4O3/c1-12(16(23)11-19-2)17(24)21-9-7-13(8-10-21)22-15-6-4-3-5-14(15)20-18(22)25/h3-6,12-13,16,19,23H,7-11H2,1-2H3,(H,20,25). The van der Waals surface area contributed by atoms with Crippen LogP contribution < -0.4 is 11.0 Å². The van der Waals surface area contributed by atoms with E-state index >= 15 is 0 Å². The Labute approximate surface area is 146 Å². The van der Waals surface area contributed by atoms with E-state index in [0.717, 1.165) is 23.9 Å². The number of likely N-dealkylation sites (N-methyl/N-ethyl adjacent to an activating group) is 1. The molecule has 1 aromatic carbocycles. The van der Waals surface area contributed by atoms with Crippen molar-refractivity contribution in [3.05, 3.63) is 34.7 Å². The summed E-state index contributed by atoms with van der Waals surface area (Å²) in [4.78, 5) is 29.6. The van der Waals surface area contributed by atoms with Gasteiger partial charge in [0.15, 0.2) is 0 Å². The number of fused-ring (bicyclic) bond motifs is 1. The van der Waals surface area contributed by atoms with Gasteiger partial charge in [0.2, 0.25) is 5.91 Å². The summed E-state index contributed by atoms with van der Waals surface area (Å²) in [5, 5.41) is 12.9. The summed E-state index contributed by atoms with van der Waals surface area (Å²) in [6, 6.07) is 7.76. The van der Waals surface area contributed by atoms with E-state index in [2.05, 4.69) is 10.3 Å². The third-order valence-corrected chi connectivity index (χ3v) is 5.15. The van der Waals surface area contributed by atoms with Crippen molar-refractivity contribution in [3.63, 3.8) is 0 Å². The first-order chi connectivity index (χ1) is 12.0. The van der Waals surface area contributed by atoms with Gasteiger partial charge in [-0.2, -0.15) is 0 Å². The van der Waals surface area contributed by atoms with Gasteiger partial charge in [0.25, 0.3) is 0 Å². The van der Waals surface area contributed by atoms with E-state index < -0.39 is 12.0 Å². The number of aromatic amines is 1. The number of amides is 1. The molecule has 136 valence electrons. The molecule has 0 radical (unpaired) electrons. The summed E-state index contributed by atoms with van der Waals surface area (Å²) in [6.07, 6.45) is 0.788. The lowest BCUT2D eigenvalue weighted by Crippen LogP contribution is -2.46. The fourth-order valence-electron chi connectivity index (χ4n) is 3.62. The lowest BCUT2D eigenvalue weighted by molar-refractivity contribution is -0.139. The second-order valence-corrected chi connectivity index (χ2v) is 6.79. The number of benzene rings is 1. The molecule has 3 N–H and O–H groups in total. The van der Waals surface area contributed by atoms with E-state index in [-0.39, 0.29) is 17.6 Å². The van der Waals surface area contributed by atoms with Crippen LogP contribution >= 0.6 is 0 Å². The molecule has 1 fully saturated rings. The van der Waals surface area contributed by atoms with Crippen molar-refractivity contribution in [2.45, 2.75) is 31.9 Å². The van der Waals surface area contributed by atoms with Crippen molar-refractivity contribution in [1.29, 1.82) is 0 Å². The molecule has 2 atom stereocenters. The van der Waals surface area contributed by atoms with E-state index in [1.165, 1.54) is 0 Å². The average Bonchev–Trinajstić information content (AvgIpc) is 2.96. The molecule has 2 heterocycles. The highest BCUT2D eigenvalue weighted by atomic mass is 16.3. The maximum Gasteiger partial charge on any atom is 0.326 e. The average molecular weight is 346 g/mol. The van der Waals surface area contributed by atoms with E-state index in [1.54, 1.807) is 18.9 Å². The van der Waals surface area contributed by atoms with Gasteiger partial charge in [-0.15, -0.1) is 0 Å². The van der Waals surface area contributed by atoms with Crippen LogP contribution in [-0.2, 0) is 4.79 Å². The highest BCUT2D eigenvalue weighted by Crippen LogP contribution is 2.25. The summed E-state index contributed by atoms with van der Waals surface area (Å²) in [6.45, 7) is 3.37. The first-order valence-corrected chi connectivity index (χ1v) is 8.83. The van der Waals surface area contributed by atoms with Crippen molar-refractivity contribution < 1.29 is 9.90 Å². The van der Waals surface area contributed by atoms with E-state index in [9.17, 15) is 14.7 Å². The zero-order valence-corrected chi connectivity index (χ0v) is 14.7. The molecule has 0 bridgehead atoms. The minimum Gasteiger partial charge on any atom is -0.391 e. The van der Waals surface area contributed by atoms with Gasteiger partial charge in [0, 0.05) is 25.7 Å². The molecule has 0 saturated carbocycles. The predicted octanol–water partition coefficient (Wildman–Crippen LogP) is 0.709. The van der Waals surface area contributed by atoms with Gasteiger partial charge in [0.05, 0.1) is 23.1 Å².